The van der Waals surface area contributed by atoms with Gasteiger partial charge in [0, 0.05) is 34.9 Å². The Morgan fingerprint density at radius 1 is 1.33 bits per heavy atom. The average Bonchev–Trinajstić information content (AvgIpc) is 2.46. The van der Waals surface area contributed by atoms with Crippen LogP contribution in [-0.2, 0) is 6.42 Å². The molecule has 1 heterocycles. The van der Waals surface area contributed by atoms with Crippen molar-refractivity contribution in [1.29, 1.82) is 0 Å². The van der Waals surface area contributed by atoms with E-state index in [9.17, 15) is 4.39 Å². The van der Waals surface area contributed by atoms with Gasteiger partial charge < -0.3 is 5.32 Å². The molecular formula is C17H20ClFN2. The van der Waals surface area contributed by atoms with E-state index < -0.39 is 0 Å². The topological polar surface area (TPSA) is 24.9 Å². The largest absolute Gasteiger partial charge is 0.310 e. The molecule has 0 saturated carbocycles. The summed E-state index contributed by atoms with van der Waals surface area (Å²) in [6.45, 7) is 4.95. The van der Waals surface area contributed by atoms with Crippen LogP contribution in [0.2, 0.25) is 5.02 Å². The normalized spacial score (nSPS) is 12.4. The summed E-state index contributed by atoms with van der Waals surface area (Å²) < 4.78 is 14.2. The average molecular weight is 307 g/mol. The molecule has 0 aliphatic rings. The highest BCUT2D eigenvalue weighted by Gasteiger charge is 2.17. The Labute approximate surface area is 130 Å². The zero-order chi connectivity index (χ0) is 15.2. The maximum Gasteiger partial charge on any atom is 0.129 e. The first-order chi connectivity index (χ1) is 10.1. The minimum Gasteiger partial charge on any atom is -0.310 e. The fourth-order valence-electron chi connectivity index (χ4n) is 2.32. The molecular weight excluding hydrogens is 287 g/mol. The second-order valence-electron chi connectivity index (χ2n) is 5.14. The third-order valence-corrected chi connectivity index (χ3v) is 3.73. The minimum atomic E-state index is -0.273. The van der Waals surface area contributed by atoms with Crippen LogP contribution >= 0.6 is 11.6 Å². The lowest BCUT2D eigenvalue weighted by Crippen LogP contribution is -2.25. The summed E-state index contributed by atoms with van der Waals surface area (Å²) in [5, 5.41) is 3.81. The molecule has 1 aromatic heterocycles. The molecule has 2 nitrogen and oxygen atoms in total. The molecule has 0 radical (unpaired) electrons. The molecule has 0 amide bonds. The van der Waals surface area contributed by atoms with Gasteiger partial charge in [-0.2, -0.15) is 0 Å². The zero-order valence-electron chi connectivity index (χ0n) is 12.4. The summed E-state index contributed by atoms with van der Waals surface area (Å²) in [5.41, 5.74) is 2.74. The minimum absolute atomic E-state index is 0.101. The molecule has 2 aromatic rings. The molecule has 112 valence electrons. The smallest absolute Gasteiger partial charge is 0.129 e. The van der Waals surface area contributed by atoms with Crippen molar-refractivity contribution < 1.29 is 4.39 Å². The number of hydrogen-bond donors (Lipinski definition) is 1. The van der Waals surface area contributed by atoms with Gasteiger partial charge in [-0.05, 0) is 43.7 Å². The van der Waals surface area contributed by atoms with Gasteiger partial charge >= 0.3 is 0 Å². The molecule has 1 aromatic carbocycles. The quantitative estimate of drug-likeness (QED) is 0.852. The van der Waals surface area contributed by atoms with Crippen LogP contribution in [0.3, 0.4) is 0 Å². The van der Waals surface area contributed by atoms with E-state index in [1.54, 1.807) is 18.3 Å². The molecule has 0 spiro atoms. The van der Waals surface area contributed by atoms with Crippen LogP contribution in [0.1, 0.15) is 36.2 Å². The molecule has 1 atom stereocenters. The Balaban J connectivity index is 2.27. The molecule has 0 fully saturated rings. The summed E-state index contributed by atoms with van der Waals surface area (Å²) in [6, 6.07) is 8.68. The Morgan fingerprint density at radius 2 is 2.14 bits per heavy atom. The molecule has 21 heavy (non-hydrogen) atoms. The second kappa shape index (κ2) is 7.53. The first-order valence-corrected chi connectivity index (χ1v) is 7.58. The Kier molecular flexibility index (Phi) is 5.71. The van der Waals surface area contributed by atoms with Crippen molar-refractivity contribution in [3.63, 3.8) is 0 Å². The van der Waals surface area contributed by atoms with Crippen molar-refractivity contribution in [2.24, 2.45) is 0 Å². The molecule has 0 bridgehead atoms. The number of aryl methyl sites for hydroxylation is 1. The predicted molar refractivity (Wildman–Crippen MR) is 85.1 cm³/mol. The number of nitrogens with one attached hydrogen (secondary N) is 1. The number of benzene rings is 1. The second-order valence-corrected chi connectivity index (χ2v) is 5.58. The van der Waals surface area contributed by atoms with Gasteiger partial charge in [0.15, 0.2) is 0 Å². The lowest BCUT2D eigenvalue weighted by atomic mass is 9.99. The summed E-state index contributed by atoms with van der Waals surface area (Å²) in [7, 11) is 0. The third kappa shape index (κ3) is 4.26. The highest BCUT2D eigenvalue weighted by molar-refractivity contribution is 6.30. The lowest BCUT2D eigenvalue weighted by Gasteiger charge is -2.20. The first-order valence-electron chi connectivity index (χ1n) is 7.20. The predicted octanol–water partition coefficient (Wildman–Crippen LogP) is 4.47. The van der Waals surface area contributed by atoms with E-state index in [-0.39, 0.29) is 11.9 Å². The Bertz CT molecular complexity index is 601. The van der Waals surface area contributed by atoms with Gasteiger partial charge in [0.25, 0.3) is 0 Å². The van der Waals surface area contributed by atoms with E-state index in [4.69, 9.17) is 11.6 Å². The van der Waals surface area contributed by atoms with Crippen LogP contribution in [-0.4, -0.2) is 11.5 Å². The molecule has 0 aliphatic carbocycles. The van der Waals surface area contributed by atoms with E-state index in [0.29, 0.717) is 17.0 Å². The molecule has 0 saturated heterocycles. The van der Waals surface area contributed by atoms with Gasteiger partial charge in [0.1, 0.15) is 5.82 Å². The van der Waals surface area contributed by atoms with Crippen LogP contribution < -0.4 is 5.32 Å². The van der Waals surface area contributed by atoms with Crippen LogP contribution in [0.5, 0.6) is 0 Å². The van der Waals surface area contributed by atoms with Gasteiger partial charge in [-0.25, -0.2) is 4.39 Å². The molecule has 0 aliphatic heterocycles. The molecule has 2 rings (SSSR count). The van der Waals surface area contributed by atoms with Crippen molar-refractivity contribution in [3.8, 4) is 0 Å². The first kappa shape index (κ1) is 15.9. The van der Waals surface area contributed by atoms with Gasteiger partial charge in [0.05, 0.1) is 0 Å². The summed E-state index contributed by atoms with van der Waals surface area (Å²) in [5.74, 6) is -0.273. The number of halogens is 2. The number of pyridine rings is 1. The fraction of sp³-hybridized carbons (Fsp3) is 0.353. The van der Waals surface area contributed by atoms with Crippen molar-refractivity contribution in [3.05, 3.63) is 64.2 Å². The summed E-state index contributed by atoms with van der Waals surface area (Å²) in [6.07, 6.45) is 3.43. The van der Waals surface area contributed by atoms with Crippen molar-refractivity contribution in [2.75, 3.05) is 6.54 Å². The van der Waals surface area contributed by atoms with E-state index in [1.807, 2.05) is 19.1 Å². The van der Waals surface area contributed by atoms with Crippen LogP contribution in [0.25, 0.3) is 0 Å². The maximum atomic E-state index is 14.2. The van der Waals surface area contributed by atoms with Crippen molar-refractivity contribution >= 4 is 11.6 Å². The highest BCUT2D eigenvalue weighted by atomic mass is 35.5. The molecule has 4 heteroatoms. The summed E-state index contributed by atoms with van der Waals surface area (Å²) in [4.78, 5) is 4.41. The number of nitrogens with zero attached hydrogens (tertiary/aromatic N) is 1. The van der Waals surface area contributed by atoms with Crippen LogP contribution in [0.15, 0.2) is 36.5 Å². The van der Waals surface area contributed by atoms with Gasteiger partial charge in [-0.1, -0.05) is 30.7 Å². The maximum absolute atomic E-state index is 14.2. The fourth-order valence-corrected chi connectivity index (χ4v) is 2.48. The monoisotopic (exact) mass is 306 g/mol. The standard InChI is InChI=1S/C17H20ClFN2/c1-3-8-20-17(11-16-12(2)5-4-9-21-16)14-7-6-13(18)10-15(14)19/h4-7,9-10,17,20H,3,8,11H2,1-2H3. The molecule has 1 N–H and O–H groups in total. The number of rotatable bonds is 6. The van der Waals surface area contributed by atoms with Gasteiger partial charge in [-0.15, -0.1) is 0 Å². The summed E-state index contributed by atoms with van der Waals surface area (Å²) >= 11 is 5.84. The lowest BCUT2D eigenvalue weighted by molar-refractivity contribution is 0.493. The van der Waals surface area contributed by atoms with E-state index in [1.165, 1.54) is 6.07 Å². The Hall–Kier alpha value is -1.45. The van der Waals surface area contributed by atoms with Crippen molar-refractivity contribution in [2.45, 2.75) is 32.7 Å². The van der Waals surface area contributed by atoms with Gasteiger partial charge in [0.2, 0.25) is 0 Å². The molecule has 1 unspecified atom stereocenters. The van der Waals surface area contributed by atoms with Crippen molar-refractivity contribution in [1.82, 2.24) is 10.3 Å². The van der Waals surface area contributed by atoms with E-state index in [2.05, 4.69) is 17.2 Å². The third-order valence-electron chi connectivity index (χ3n) is 3.49. The zero-order valence-corrected chi connectivity index (χ0v) is 13.1. The van der Waals surface area contributed by atoms with E-state index >= 15 is 0 Å². The van der Waals surface area contributed by atoms with E-state index in [0.717, 1.165) is 24.2 Å². The Morgan fingerprint density at radius 3 is 2.81 bits per heavy atom. The van der Waals surface area contributed by atoms with Gasteiger partial charge in [-0.3, -0.25) is 4.98 Å². The number of hydrogen-bond acceptors (Lipinski definition) is 2. The van der Waals surface area contributed by atoms with Crippen LogP contribution in [0, 0.1) is 12.7 Å². The number of aromatic nitrogens is 1. The van der Waals surface area contributed by atoms with Crippen LogP contribution in [0.4, 0.5) is 4.39 Å². The highest BCUT2D eigenvalue weighted by Crippen LogP contribution is 2.24. The SMILES string of the molecule is CCCNC(Cc1ncccc1C)c1ccc(Cl)cc1F.